The quantitative estimate of drug-likeness (QED) is 0.874. The van der Waals surface area contributed by atoms with Crippen LogP contribution in [0.15, 0.2) is 12.4 Å². The lowest BCUT2D eigenvalue weighted by Crippen LogP contribution is -2.43. The summed E-state index contributed by atoms with van der Waals surface area (Å²) in [4.78, 5) is 18.3. The lowest BCUT2D eigenvalue weighted by Gasteiger charge is -2.29. The average Bonchev–Trinajstić information content (AvgIpc) is 2.92. The molecule has 20 heavy (non-hydrogen) atoms. The van der Waals surface area contributed by atoms with Crippen molar-refractivity contribution in [3.05, 3.63) is 23.5 Å². The van der Waals surface area contributed by atoms with Crippen LogP contribution in [0, 0.1) is 5.92 Å². The molecule has 0 spiro atoms. The zero-order valence-corrected chi connectivity index (χ0v) is 11.8. The highest BCUT2D eigenvalue weighted by Crippen LogP contribution is 2.24. The Morgan fingerprint density at radius 3 is 3.15 bits per heavy atom. The molecule has 2 amide bonds. The summed E-state index contributed by atoms with van der Waals surface area (Å²) >= 11 is 0. The number of fused-ring (bicyclic) bond motifs is 3. The third kappa shape index (κ3) is 2.33. The zero-order valence-electron chi connectivity index (χ0n) is 11.8. The van der Waals surface area contributed by atoms with Gasteiger partial charge in [0.2, 0.25) is 0 Å². The predicted molar refractivity (Wildman–Crippen MR) is 76.2 cm³/mol. The maximum Gasteiger partial charge on any atom is 0.317 e. The summed E-state index contributed by atoms with van der Waals surface area (Å²) in [6.07, 6.45) is 4.51. The van der Waals surface area contributed by atoms with Crippen molar-refractivity contribution in [1.82, 2.24) is 25.4 Å². The highest BCUT2D eigenvalue weighted by Gasteiger charge is 2.22. The van der Waals surface area contributed by atoms with E-state index >= 15 is 0 Å². The standard InChI is InChI=1S/C14H19N5O/c1-9(2)5-16-14(20)19-4-3-11-10(8-19)6-15-13-12(11)7-17-18-13/h6-7,9H,3-5,8H2,1-2H3,(H,16,20)(H,15,17,18). The molecule has 0 aromatic carbocycles. The molecular weight excluding hydrogens is 254 g/mol. The maximum absolute atomic E-state index is 12.1. The van der Waals surface area contributed by atoms with Crippen LogP contribution in [0.2, 0.25) is 0 Å². The number of carbonyl (C=O) groups excluding carboxylic acids is 1. The Morgan fingerprint density at radius 1 is 1.50 bits per heavy atom. The van der Waals surface area contributed by atoms with Gasteiger partial charge in [-0.3, -0.25) is 5.10 Å². The third-order valence-electron chi connectivity index (χ3n) is 3.62. The van der Waals surface area contributed by atoms with Crippen LogP contribution in [0.3, 0.4) is 0 Å². The Kier molecular flexibility index (Phi) is 3.30. The number of carbonyl (C=O) groups is 1. The highest BCUT2D eigenvalue weighted by atomic mass is 16.2. The molecule has 2 aromatic rings. The second kappa shape index (κ2) is 5.11. The van der Waals surface area contributed by atoms with Crippen LogP contribution in [0.1, 0.15) is 25.0 Å². The molecule has 1 aliphatic heterocycles. The Balaban J connectivity index is 1.76. The molecule has 1 aliphatic rings. The number of rotatable bonds is 2. The summed E-state index contributed by atoms with van der Waals surface area (Å²) in [6.45, 7) is 6.24. The van der Waals surface area contributed by atoms with Crippen molar-refractivity contribution >= 4 is 17.1 Å². The second-order valence-corrected chi connectivity index (χ2v) is 5.65. The molecule has 0 aliphatic carbocycles. The van der Waals surface area contributed by atoms with Gasteiger partial charge in [-0.1, -0.05) is 13.8 Å². The summed E-state index contributed by atoms with van der Waals surface area (Å²) in [6, 6.07) is 0.0108. The van der Waals surface area contributed by atoms with Crippen LogP contribution < -0.4 is 5.32 Å². The number of nitrogens with zero attached hydrogens (tertiary/aromatic N) is 3. The van der Waals surface area contributed by atoms with Crippen LogP contribution in [-0.4, -0.2) is 39.2 Å². The summed E-state index contributed by atoms with van der Waals surface area (Å²) < 4.78 is 0. The zero-order chi connectivity index (χ0) is 14.1. The average molecular weight is 273 g/mol. The van der Waals surface area contributed by atoms with E-state index in [1.54, 1.807) is 0 Å². The fourth-order valence-corrected chi connectivity index (χ4v) is 2.53. The Hall–Kier alpha value is -2.11. The van der Waals surface area contributed by atoms with E-state index in [0.29, 0.717) is 19.0 Å². The monoisotopic (exact) mass is 273 g/mol. The first-order valence-electron chi connectivity index (χ1n) is 6.97. The summed E-state index contributed by atoms with van der Waals surface area (Å²) in [5.74, 6) is 0.461. The largest absolute Gasteiger partial charge is 0.338 e. The summed E-state index contributed by atoms with van der Waals surface area (Å²) in [5, 5.41) is 11.0. The van der Waals surface area contributed by atoms with Gasteiger partial charge in [-0.15, -0.1) is 0 Å². The van der Waals surface area contributed by atoms with Crippen molar-refractivity contribution in [2.75, 3.05) is 13.1 Å². The SMILES string of the molecule is CC(C)CNC(=O)N1CCc2c(cnc3[nH]ncc23)C1. The van der Waals surface area contributed by atoms with Crippen molar-refractivity contribution in [3.8, 4) is 0 Å². The summed E-state index contributed by atoms with van der Waals surface area (Å²) in [7, 11) is 0. The van der Waals surface area contributed by atoms with Crippen molar-refractivity contribution in [2.24, 2.45) is 5.92 Å². The minimum absolute atomic E-state index is 0.0108. The normalized spacial score (nSPS) is 14.7. The Morgan fingerprint density at radius 2 is 2.35 bits per heavy atom. The van der Waals surface area contributed by atoms with Gasteiger partial charge in [0.05, 0.1) is 6.20 Å². The smallest absolute Gasteiger partial charge is 0.317 e. The maximum atomic E-state index is 12.1. The topological polar surface area (TPSA) is 73.9 Å². The van der Waals surface area contributed by atoms with Gasteiger partial charge in [-0.2, -0.15) is 5.10 Å². The van der Waals surface area contributed by atoms with E-state index in [4.69, 9.17) is 0 Å². The van der Waals surface area contributed by atoms with Crippen LogP contribution in [-0.2, 0) is 13.0 Å². The molecule has 0 bridgehead atoms. The van der Waals surface area contributed by atoms with E-state index in [-0.39, 0.29) is 6.03 Å². The van der Waals surface area contributed by atoms with Gasteiger partial charge in [0.15, 0.2) is 5.65 Å². The first-order chi connectivity index (χ1) is 9.65. The molecule has 0 radical (unpaired) electrons. The molecule has 0 fully saturated rings. The number of urea groups is 1. The molecular formula is C14H19N5O. The van der Waals surface area contributed by atoms with Crippen molar-refractivity contribution in [1.29, 1.82) is 0 Å². The fourth-order valence-electron chi connectivity index (χ4n) is 2.53. The number of pyridine rings is 1. The molecule has 106 valence electrons. The minimum Gasteiger partial charge on any atom is -0.338 e. The molecule has 0 saturated heterocycles. The number of nitrogens with one attached hydrogen (secondary N) is 2. The van der Waals surface area contributed by atoms with E-state index in [9.17, 15) is 4.79 Å². The van der Waals surface area contributed by atoms with E-state index < -0.39 is 0 Å². The Bertz CT molecular complexity index is 634. The summed E-state index contributed by atoms with van der Waals surface area (Å²) in [5.41, 5.74) is 3.20. The minimum atomic E-state index is 0.0108. The van der Waals surface area contributed by atoms with Gasteiger partial charge in [-0.05, 0) is 23.5 Å². The first kappa shape index (κ1) is 12.9. The molecule has 6 nitrogen and oxygen atoms in total. The molecule has 0 saturated carbocycles. The predicted octanol–water partition coefficient (Wildman–Crippen LogP) is 1.68. The molecule has 0 atom stereocenters. The van der Waals surface area contributed by atoms with Crippen LogP contribution >= 0.6 is 0 Å². The van der Waals surface area contributed by atoms with E-state index in [0.717, 1.165) is 29.6 Å². The van der Waals surface area contributed by atoms with E-state index in [2.05, 4.69) is 34.3 Å². The molecule has 3 heterocycles. The molecule has 0 unspecified atom stereocenters. The number of H-pyrrole nitrogens is 1. The number of aromatic amines is 1. The van der Waals surface area contributed by atoms with Gasteiger partial charge in [0, 0.05) is 31.2 Å². The van der Waals surface area contributed by atoms with Crippen LogP contribution in [0.5, 0.6) is 0 Å². The molecule has 2 aromatic heterocycles. The van der Waals surface area contributed by atoms with Gasteiger partial charge >= 0.3 is 6.03 Å². The van der Waals surface area contributed by atoms with Gasteiger partial charge in [-0.25, -0.2) is 9.78 Å². The number of hydrogen-bond acceptors (Lipinski definition) is 3. The lowest BCUT2D eigenvalue weighted by molar-refractivity contribution is 0.191. The van der Waals surface area contributed by atoms with Gasteiger partial charge in [0.1, 0.15) is 0 Å². The fraction of sp³-hybridized carbons (Fsp3) is 0.500. The third-order valence-corrected chi connectivity index (χ3v) is 3.62. The number of amides is 2. The second-order valence-electron chi connectivity index (χ2n) is 5.65. The molecule has 6 heteroatoms. The number of aromatic nitrogens is 3. The molecule has 3 rings (SSSR count). The molecule has 2 N–H and O–H groups in total. The highest BCUT2D eigenvalue weighted by molar-refractivity contribution is 5.80. The van der Waals surface area contributed by atoms with Crippen LogP contribution in [0.25, 0.3) is 11.0 Å². The van der Waals surface area contributed by atoms with Crippen molar-refractivity contribution in [2.45, 2.75) is 26.8 Å². The lowest BCUT2D eigenvalue weighted by atomic mass is 9.99. The van der Waals surface area contributed by atoms with E-state index in [1.807, 2.05) is 17.3 Å². The van der Waals surface area contributed by atoms with Crippen molar-refractivity contribution < 1.29 is 4.79 Å². The van der Waals surface area contributed by atoms with Crippen molar-refractivity contribution in [3.63, 3.8) is 0 Å². The van der Waals surface area contributed by atoms with E-state index in [1.165, 1.54) is 5.56 Å². The van der Waals surface area contributed by atoms with Gasteiger partial charge in [0.25, 0.3) is 0 Å². The first-order valence-corrected chi connectivity index (χ1v) is 6.97. The van der Waals surface area contributed by atoms with Crippen LogP contribution in [0.4, 0.5) is 4.79 Å². The number of hydrogen-bond donors (Lipinski definition) is 2. The van der Waals surface area contributed by atoms with Gasteiger partial charge < -0.3 is 10.2 Å². The Labute approximate surface area is 117 Å².